The third-order valence-corrected chi connectivity index (χ3v) is 20.3. The smallest absolute Gasteiger partial charge is 0.481 e. The first-order chi connectivity index (χ1) is 62.0. The number of alkyl carbamates (subject to hydrolysis) is 1. The van der Waals surface area contributed by atoms with Gasteiger partial charge in [-0.25, -0.2) is 9.59 Å². The number of pyridine rings is 1. The van der Waals surface area contributed by atoms with E-state index in [-0.39, 0.29) is 212 Å². The predicted molar refractivity (Wildman–Crippen MR) is 463 cm³/mol. The summed E-state index contributed by atoms with van der Waals surface area (Å²) in [5.74, 6) is -9.41. The van der Waals surface area contributed by atoms with Gasteiger partial charge in [-0.1, -0.05) is 60.9 Å². The van der Waals surface area contributed by atoms with Gasteiger partial charge in [0.1, 0.15) is 36.0 Å². The molecule has 45 nitrogen and oxygen atoms in total. The highest BCUT2D eigenvalue weighted by atomic mass is 31.1. The van der Waals surface area contributed by atoms with E-state index in [0.29, 0.717) is 87.1 Å². The fraction of sp³-hybridized carbons (Fsp3) is 0.573. The molecular formula is C82H122N18O27P2+2. The van der Waals surface area contributed by atoms with E-state index in [1.165, 1.54) is 10.8 Å². The van der Waals surface area contributed by atoms with Gasteiger partial charge in [0.15, 0.2) is 0 Å². The number of rotatable bonds is 67. The Labute approximate surface area is 747 Å². The van der Waals surface area contributed by atoms with Crippen molar-refractivity contribution >= 4 is 117 Å². The zero-order valence-corrected chi connectivity index (χ0v) is 74.1. The molecule has 5 atom stereocenters. The molecule has 5 rings (SSSR count). The molecule has 0 bridgehead atoms. The standard InChI is InChI=1S/C82H120N18O27P2/c1-58-16-3-4-18-63(58)96-79(114)92-61-27-24-59(25-28-61)54-73(107)94-65(20-6-11-39-86-68(102)29-26-60-17-14-37-84-55-60)76(111)95-66(21-13-23-74(108)109)77(112)97-81(34-8-2-9-35-81)78(113)90-44-49-124-53-52-123-47-42-88-70(104)31-30-69(103)87-41-46-121-50-51-122-48-43-89-71(105)32-33-72(106)93-64(75(83)110)19-5-10-38-85-67(101)22-7-12-45-100-56-62(98-99-100)57-125-80(115)91-40-15-36-82(116,126-128(117)118)127-129(119)120/h3-4,14,16-18,24-29,37,55-56,64-66,116H,2,5-13,15,19-23,30-36,38-54,57H2,1H3,(H16-2,83,85,86,87,88,89,90,91,92,93,94,95,96,97,101,102,103,104,105,106,107,108,109,110,111,112,113,114,115,117,118,119,120)/p+2/b29-26+/t64-,65-,66-/m0/s1. The molecule has 1 aliphatic rings. The summed E-state index contributed by atoms with van der Waals surface area (Å²) in [6, 6.07) is 13.4. The van der Waals surface area contributed by atoms with Crippen LogP contribution in [-0.4, -0.2) is 251 Å². The molecule has 2 heterocycles. The van der Waals surface area contributed by atoms with E-state index in [0.717, 1.165) is 17.5 Å². The van der Waals surface area contributed by atoms with Crippen LogP contribution in [0.1, 0.15) is 170 Å². The maximum absolute atomic E-state index is 14.4. The van der Waals surface area contributed by atoms with Crippen LogP contribution in [0.3, 0.4) is 0 Å². The van der Waals surface area contributed by atoms with Gasteiger partial charge < -0.3 is 109 Å². The first-order valence-electron chi connectivity index (χ1n) is 42.7. The predicted octanol–water partition coefficient (Wildman–Crippen LogP) is 2.42. The largest absolute Gasteiger partial charge is 0.700 e. The number of nitrogens with one attached hydrogen (secondary N) is 13. The molecule has 2 aromatic heterocycles. The number of carboxylic acids is 1. The van der Waals surface area contributed by atoms with Gasteiger partial charge in [-0.05, 0) is 146 Å². The number of aliphatic hydroxyl groups is 1. The molecule has 129 heavy (non-hydrogen) atoms. The number of carbonyl (C=O) groups excluding carboxylic acids is 13. The number of amides is 14. The molecule has 1 fully saturated rings. The summed E-state index contributed by atoms with van der Waals surface area (Å²) in [4.78, 5) is 202. The summed E-state index contributed by atoms with van der Waals surface area (Å²) in [6.45, 7) is 4.18. The number of aliphatic carboxylic acids is 1. The lowest BCUT2D eigenvalue weighted by atomic mass is 9.80. The van der Waals surface area contributed by atoms with Crippen molar-refractivity contribution in [3.63, 3.8) is 0 Å². The summed E-state index contributed by atoms with van der Waals surface area (Å²) in [5.41, 5.74) is 7.71. The molecule has 0 radical (unpaired) electrons. The van der Waals surface area contributed by atoms with Crippen molar-refractivity contribution in [3.05, 3.63) is 108 Å². The lowest BCUT2D eigenvalue weighted by molar-refractivity contribution is -0.277. The summed E-state index contributed by atoms with van der Waals surface area (Å²) in [6.07, 6.45) is 10.9. The van der Waals surface area contributed by atoms with Gasteiger partial charge in [-0.15, -0.1) is 14.9 Å². The Morgan fingerprint density at radius 3 is 1.70 bits per heavy atom. The van der Waals surface area contributed by atoms with Crippen LogP contribution in [0.15, 0.2) is 85.3 Å². The number of hydrogen-bond donors (Lipinski definition) is 18. The van der Waals surface area contributed by atoms with Gasteiger partial charge in [-0.2, -0.15) is 0 Å². The normalized spacial score (nSPS) is 13.6. The Bertz CT molecular complexity index is 4250. The molecule has 47 heteroatoms. The minimum atomic E-state index is -3.38. The second kappa shape index (κ2) is 62.6. The Kier molecular flexibility index (Phi) is 52.5. The molecular weight excluding hydrogens is 1730 g/mol. The van der Waals surface area contributed by atoms with Crippen molar-refractivity contribution < 1.29 is 129 Å². The van der Waals surface area contributed by atoms with Crippen molar-refractivity contribution in [2.45, 2.75) is 204 Å². The zero-order valence-electron chi connectivity index (χ0n) is 72.3. The second-order valence-electron chi connectivity index (χ2n) is 29.8. The number of ether oxygens (including phenoxy) is 5. The minimum absolute atomic E-state index is 0.0173. The monoisotopic (exact) mass is 1850 g/mol. The Morgan fingerprint density at radius 1 is 0.558 bits per heavy atom. The van der Waals surface area contributed by atoms with Gasteiger partial charge in [0.25, 0.3) is 0 Å². The number of urea groups is 1. The number of aromatic nitrogens is 4. The number of primary amides is 1. The van der Waals surface area contributed by atoms with Crippen molar-refractivity contribution in [1.29, 1.82) is 0 Å². The van der Waals surface area contributed by atoms with Crippen LogP contribution >= 0.6 is 16.5 Å². The topological polar surface area (TPSA) is 645 Å². The summed E-state index contributed by atoms with van der Waals surface area (Å²) >= 11 is 0. The third kappa shape index (κ3) is 49.0. The fourth-order valence-electron chi connectivity index (χ4n) is 12.7. The highest BCUT2D eigenvalue weighted by molar-refractivity contribution is 7.33. The number of hydrogen-bond acceptors (Lipinski definition) is 27. The number of para-hydroxylation sites is 1. The number of unbranched alkanes of at least 4 members (excludes halogenated alkanes) is 3. The minimum Gasteiger partial charge on any atom is -0.481 e. The van der Waals surface area contributed by atoms with E-state index in [2.05, 4.69) is 93.5 Å². The van der Waals surface area contributed by atoms with Crippen LogP contribution in [0.5, 0.6) is 0 Å². The molecule has 19 N–H and O–H groups in total. The molecule has 0 saturated heterocycles. The number of benzene rings is 2. The summed E-state index contributed by atoms with van der Waals surface area (Å²) in [5, 5.41) is 62.8. The maximum atomic E-state index is 14.4. The molecule has 0 aliphatic heterocycles. The Hall–Kier alpha value is -11.5. The average Bonchev–Trinajstić information content (AvgIpc) is 1.20. The highest BCUT2D eigenvalue weighted by Gasteiger charge is 2.48. The van der Waals surface area contributed by atoms with Crippen LogP contribution in [0, 0.1) is 6.92 Å². The van der Waals surface area contributed by atoms with Gasteiger partial charge >= 0.3 is 40.6 Å². The number of carbonyl (C=O) groups is 14. The SMILES string of the molecule is Cc1ccccc1NC(=O)Nc1ccc(CC(=O)N[C@@H](CCCCNC(=O)/C=C/c2cccnc2)C(=O)N[C@@H](CCCC(=O)O)C(=O)NC2(C(=O)NCCOCCOCCNC(=O)CCC(=O)NCCOCCOCCNC(=O)CCC(=O)N[C@@H](CCCCNC(=O)CCCCn3cc(COC(=O)NCCCC(O)(O[P+](=O)O)O[P+](=O)O)nn3)C(N)=O)CCCCC2)cc1. The summed E-state index contributed by atoms with van der Waals surface area (Å²) < 4.78 is 59.0. The van der Waals surface area contributed by atoms with Crippen LogP contribution in [-0.2, 0) is 119 Å². The second-order valence-corrected chi connectivity index (χ2v) is 31.1. The third-order valence-electron chi connectivity index (χ3n) is 19.4. The summed E-state index contributed by atoms with van der Waals surface area (Å²) in [7, 11) is -6.76. The number of carboxylic acid groups (broad SMARTS) is 1. The Morgan fingerprint density at radius 2 is 1.11 bits per heavy atom. The van der Waals surface area contributed by atoms with Gasteiger partial charge in [0, 0.05) is 136 Å². The van der Waals surface area contributed by atoms with Gasteiger partial charge in [-0.3, -0.25) is 67.2 Å². The molecule has 2 aromatic carbocycles. The van der Waals surface area contributed by atoms with E-state index < -0.39 is 112 Å². The van der Waals surface area contributed by atoms with Gasteiger partial charge in [0.05, 0.1) is 65.5 Å². The number of anilines is 2. The maximum Gasteiger partial charge on any atom is 0.700 e. The molecule has 4 aromatic rings. The van der Waals surface area contributed by atoms with E-state index in [1.807, 2.05) is 19.1 Å². The van der Waals surface area contributed by atoms with Crippen LogP contribution < -0.4 is 74.9 Å². The first kappa shape index (κ1) is 108. The molecule has 2 unspecified atom stereocenters. The quantitative estimate of drug-likeness (QED) is 0.0131. The van der Waals surface area contributed by atoms with E-state index in [4.69, 9.17) is 39.2 Å². The van der Waals surface area contributed by atoms with Crippen molar-refractivity contribution in [2.24, 2.45) is 5.73 Å². The van der Waals surface area contributed by atoms with E-state index >= 15 is 0 Å². The average molecular weight is 1850 g/mol. The molecule has 1 saturated carbocycles. The number of nitrogens with two attached hydrogens (primary N) is 1. The van der Waals surface area contributed by atoms with E-state index in [9.17, 15) is 86.5 Å². The van der Waals surface area contributed by atoms with Crippen LogP contribution in [0.2, 0.25) is 0 Å². The molecule has 1 aliphatic carbocycles. The van der Waals surface area contributed by atoms with Crippen LogP contribution in [0.25, 0.3) is 6.08 Å². The first-order valence-corrected chi connectivity index (χ1v) is 44.9. The van der Waals surface area contributed by atoms with Gasteiger partial charge in [0.2, 0.25) is 65.0 Å². The lowest BCUT2D eigenvalue weighted by Crippen LogP contribution is -2.63. The zero-order chi connectivity index (χ0) is 93.9. The van der Waals surface area contributed by atoms with Crippen molar-refractivity contribution in [1.82, 2.24) is 78.5 Å². The lowest BCUT2D eigenvalue weighted by Gasteiger charge is -2.38. The van der Waals surface area contributed by atoms with Crippen LogP contribution in [0.4, 0.5) is 21.0 Å². The van der Waals surface area contributed by atoms with Crippen molar-refractivity contribution in [3.8, 4) is 0 Å². The fourth-order valence-corrected chi connectivity index (χ4v) is 13.5. The molecule has 0 spiro atoms. The van der Waals surface area contributed by atoms with Crippen molar-refractivity contribution in [2.75, 3.05) is 109 Å². The number of nitrogens with zero attached hydrogens (tertiary/aromatic N) is 4. The molecule has 710 valence electrons. The Balaban J connectivity index is 0.869. The molecule has 14 amide bonds. The van der Waals surface area contributed by atoms with E-state index in [1.54, 1.807) is 73.2 Å². The number of aryl methyl sites for hydroxylation is 2. The highest BCUT2D eigenvalue weighted by Crippen LogP contribution is 2.36.